The van der Waals surface area contributed by atoms with E-state index < -0.39 is 18.1 Å². The number of aromatic nitrogens is 5. The molecule has 0 spiro atoms. The van der Waals surface area contributed by atoms with Gasteiger partial charge in [0.15, 0.2) is 0 Å². The molecule has 0 amide bonds. The Kier molecular flexibility index (Phi) is 6.37. The molecule has 13 heteroatoms. The number of fused-ring (bicyclic) bond motifs is 1. The quantitative estimate of drug-likeness (QED) is 0.344. The number of rotatable bonds is 6. The molecule has 5 aromatic rings. The van der Waals surface area contributed by atoms with Crippen molar-refractivity contribution < 1.29 is 17.6 Å². The molecule has 9 nitrogen and oxygen atoms in total. The second-order valence-corrected chi connectivity index (χ2v) is 9.67. The lowest BCUT2D eigenvalue weighted by atomic mass is 10.1. The van der Waals surface area contributed by atoms with E-state index in [0.29, 0.717) is 32.6 Å². The maximum Gasteiger partial charge on any atom is 0.314 e. The van der Waals surface area contributed by atoms with Crippen LogP contribution in [0, 0.1) is 5.82 Å². The van der Waals surface area contributed by atoms with Crippen molar-refractivity contribution in [2.24, 2.45) is 0 Å². The van der Waals surface area contributed by atoms with Gasteiger partial charge in [-0.05, 0) is 36.4 Å². The molecule has 0 bridgehead atoms. The summed E-state index contributed by atoms with van der Waals surface area (Å²) in [7, 11) is 0. The number of nitrogens with one attached hydrogen (secondary N) is 1. The fourth-order valence-corrected chi connectivity index (χ4v) is 5.24. The zero-order valence-electron chi connectivity index (χ0n) is 19.8. The molecule has 0 aliphatic carbocycles. The Morgan fingerprint density at radius 2 is 1.82 bits per heavy atom. The van der Waals surface area contributed by atoms with Gasteiger partial charge in [-0.25, -0.2) is 9.37 Å². The highest BCUT2D eigenvalue weighted by Crippen LogP contribution is 2.30. The van der Waals surface area contributed by atoms with Crippen LogP contribution in [-0.2, 0) is 6.54 Å². The first-order valence-corrected chi connectivity index (χ1v) is 12.6. The predicted octanol–water partition coefficient (Wildman–Crippen LogP) is 4.10. The summed E-state index contributed by atoms with van der Waals surface area (Å²) in [4.78, 5) is 23.5. The van der Waals surface area contributed by atoms with Gasteiger partial charge in [-0.15, -0.1) is 10.2 Å². The summed E-state index contributed by atoms with van der Waals surface area (Å²) in [5, 5.41) is 10.2. The Morgan fingerprint density at radius 3 is 2.50 bits per heavy atom. The lowest BCUT2D eigenvalue weighted by molar-refractivity contribution is 0.116. The largest absolute Gasteiger partial charge is 0.415 e. The zero-order valence-corrected chi connectivity index (χ0v) is 20.6. The van der Waals surface area contributed by atoms with Crippen molar-refractivity contribution in [3.63, 3.8) is 0 Å². The molecule has 1 N–H and O–H groups in total. The molecule has 4 aromatic heterocycles. The first-order chi connectivity index (χ1) is 18.5. The molecule has 1 fully saturated rings. The molecule has 0 saturated carbocycles. The van der Waals surface area contributed by atoms with Gasteiger partial charge in [-0.1, -0.05) is 11.3 Å². The minimum atomic E-state index is -2.86. The van der Waals surface area contributed by atoms with Crippen LogP contribution in [0.4, 0.5) is 19.0 Å². The van der Waals surface area contributed by atoms with Crippen molar-refractivity contribution >= 4 is 27.4 Å². The second kappa shape index (κ2) is 9.99. The summed E-state index contributed by atoms with van der Waals surface area (Å²) in [6.45, 7) is 3.62. The van der Waals surface area contributed by atoms with Gasteiger partial charge < -0.3 is 14.6 Å². The first-order valence-electron chi connectivity index (χ1n) is 11.8. The topological polar surface area (TPSA) is 102 Å². The molecule has 1 aromatic carbocycles. The monoisotopic (exact) mass is 539 g/mol. The van der Waals surface area contributed by atoms with Crippen molar-refractivity contribution in [3.05, 3.63) is 75.9 Å². The SMILES string of the molecule is O=c1sc2cc(-c3ccc(N4CCNCC4)nc3)c(F)cc2n1Cc1ccc(-c2nnc(C(F)F)o2)cn1. The molecule has 0 unspecified atom stereocenters. The molecule has 0 radical (unpaired) electrons. The average molecular weight is 540 g/mol. The molecule has 1 aliphatic rings. The van der Waals surface area contributed by atoms with Crippen molar-refractivity contribution in [3.8, 4) is 22.6 Å². The van der Waals surface area contributed by atoms with Gasteiger partial charge in [0.2, 0.25) is 5.89 Å². The number of nitrogens with zero attached hydrogens (tertiary/aromatic N) is 6. The summed E-state index contributed by atoms with van der Waals surface area (Å²) in [5.41, 5.74) is 2.33. The molecule has 194 valence electrons. The summed E-state index contributed by atoms with van der Waals surface area (Å²) < 4.78 is 47.7. The second-order valence-electron chi connectivity index (χ2n) is 8.68. The molecular formula is C25H20F3N7O2S. The summed E-state index contributed by atoms with van der Waals surface area (Å²) in [6, 6.07) is 9.95. The van der Waals surface area contributed by atoms with E-state index in [9.17, 15) is 13.6 Å². The number of hydrogen-bond donors (Lipinski definition) is 1. The lowest BCUT2D eigenvalue weighted by Gasteiger charge is -2.28. The van der Waals surface area contributed by atoms with Gasteiger partial charge in [0.25, 0.3) is 5.89 Å². The van der Waals surface area contributed by atoms with Crippen molar-refractivity contribution in [1.82, 2.24) is 30.0 Å². The van der Waals surface area contributed by atoms with Gasteiger partial charge >= 0.3 is 11.3 Å². The van der Waals surface area contributed by atoms with Crippen LogP contribution in [0.1, 0.15) is 18.0 Å². The Labute approximate surface area is 217 Å². The summed E-state index contributed by atoms with van der Waals surface area (Å²) in [6.07, 6.45) is 0.185. The van der Waals surface area contributed by atoms with Crippen LogP contribution in [0.5, 0.6) is 0 Å². The average Bonchev–Trinajstić information content (AvgIpc) is 3.55. The van der Waals surface area contributed by atoms with E-state index in [1.54, 1.807) is 24.4 Å². The maximum atomic E-state index is 15.2. The lowest BCUT2D eigenvalue weighted by Crippen LogP contribution is -2.43. The molecule has 6 rings (SSSR count). The van der Waals surface area contributed by atoms with Gasteiger partial charge in [0, 0.05) is 49.7 Å². The van der Waals surface area contributed by atoms with E-state index in [1.165, 1.54) is 16.8 Å². The highest BCUT2D eigenvalue weighted by atomic mass is 32.1. The standard InChI is InChI=1S/C25H20F3N7O2S/c26-18-10-19-20(9-17(18)14-2-4-21(31-11-14)34-7-5-29-6-8-34)38-25(36)35(19)13-16-3-1-15(12-30-16)23-32-33-24(37-23)22(27)28/h1-4,9-12,22,29H,5-8,13H2. The highest BCUT2D eigenvalue weighted by molar-refractivity contribution is 7.16. The van der Waals surface area contributed by atoms with E-state index >= 15 is 4.39 Å². The normalized spacial score (nSPS) is 14.1. The van der Waals surface area contributed by atoms with Crippen LogP contribution in [0.2, 0.25) is 0 Å². The number of benzene rings is 1. The van der Waals surface area contributed by atoms with Crippen molar-refractivity contribution in [2.45, 2.75) is 13.0 Å². The van der Waals surface area contributed by atoms with Crippen LogP contribution < -0.4 is 15.1 Å². The van der Waals surface area contributed by atoms with Crippen molar-refractivity contribution in [2.75, 3.05) is 31.1 Å². The van der Waals surface area contributed by atoms with E-state index in [0.717, 1.165) is 43.3 Å². The van der Waals surface area contributed by atoms with E-state index in [2.05, 4.69) is 30.4 Å². The first kappa shape index (κ1) is 24.2. The Bertz CT molecular complexity index is 1640. The van der Waals surface area contributed by atoms with E-state index in [-0.39, 0.29) is 17.3 Å². The van der Waals surface area contributed by atoms with E-state index in [4.69, 9.17) is 4.42 Å². The van der Waals surface area contributed by atoms with Crippen LogP contribution in [0.25, 0.3) is 32.8 Å². The Morgan fingerprint density at radius 1 is 1.03 bits per heavy atom. The van der Waals surface area contributed by atoms with E-state index in [1.807, 2.05) is 12.1 Å². The van der Waals surface area contributed by atoms with Crippen LogP contribution in [0.15, 0.2) is 58.0 Å². The predicted molar refractivity (Wildman–Crippen MR) is 136 cm³/mol. The Balaban J connectivity index is 1.25. The fraction of sp³-hybridized carbons (Fsp3) is 0.240. The number of anilines is 1. The third-order valence-corrected chi connectivity index (χ3v) is 7.22. The third kappa shape index (κ3) is 4.65. The van der Waals surface area contributed by atoms with Crippen LogP contribution >= 0.6 is 11.3 Å². The fourth-order valence-electron chi connectivity index (χ4n) is 4.33. The zero-order chi connectivity index (χ0) is 26.2. The summed E-state index contributed by atoms with van der Waals surface area (Å²) in [5.74, 6) is -0.467. The number of halogens is 3. The Hall–Kier alpha value is -4.10. The molecule has 38 heavy (non-hydrogen) atoms. The van der Waals surface area contributed by atoms with Gasteiger partial charge in [0.1, 0.15) is 11.6 Å². The highest BCUT2D eigenvalue weighted by Gasteiger charge is 2.18. The summed E-state index contributed by atoms with van der Waals surface area (Å²) >= 11 is 1.02. The molecule has 1 saturated heterocycles. The maximum absolute atomic E-state index is 15.2. The van der Waals surface area contributed by atoms with Crippen LogP contribution in [0.3, 0.4) is 0 Å². The number of alkyl halides is 2. The molecule has 1 aliphatic heterocycles. The van der Waals surface area contributed by atoms with Crippen molar-refractivity contribution in [1.29, 1.82) is 0 Å². The van der Waals surface area contributed by atoms with Gasteiger partial charge in [0.05, 0.1) is 28.0 Å². The third-order valence-electron chi connectivity index (χ3n) is 6.28. The van der Waals surface area contributed by atoms with Crippen LogP contribution in [-0.4, -0.2) is 50.9 Å². The number of thiazole rings is 1. The molecular weight excluding hydrogens is 519 g/mol. The molecule has 5 heterocycles. The smallest absolute Gasteiger partial charge is 0.314 e. The molecule has 0 atom stereocenters. The number of pyridine rings is 2. The van der Waals surface area contributed by atoms with Gasteiger partial charge in [-0.3, -0.25) is 14.3 Å². The number of piperazine rings is 1. The number of hydrogen-bond acceptors (Lipinski definition) is 9. The minimum Gasteiger partial charge on any atom is -0.415 e. The minimum absolute atomic E-state index is 0.0810. The van der Waals surface area contributed by atoms with Gasteiger partial charge in [-0.2, -0.15) is 8.78 Å².